The van der Waals surface area contributed by atoms with Crippen LogP contribution in [0, 0.1) is 5.92 Å². The number of rotatable bonds is 6. The first-order valence-electron chi connectivity index (χ1n) is 8.22. The summed E-state index contributed by atoms with van der Waals surface area (Å²) in [6, 6.07) is 10.5. The molecule has 0 heterocycles. The lowest BCUT2D eigenvalue weighted by Crippen LogP contribution is -2.54. The van der Waals surface area contributed by atoms with Crippen LogP contribution in [-0.4, -0.2) is 37.6 Å². The predicted octanol–water partition coefficient (Wildman–Crippen LogP) is 3.80. The van der Waals surface area contributed by atoms with Gasteiger partial charge in [0.2, 0.25) is 0 Å². The monoisotopic (exact) mass is 286 g/mol. The van der Waals surface area contributed by atoms with Crippen LogP contribution in [0.1, 0.15) is 38.2 Å². The van der Waals surface area contributed by atoms with Gasteiger partial charge in [0.15, 0.2) is 0 Å². The smallest absolute Gasteiger partial charge is 0.0330 e. The predicted molar refractivity (Wildman–Crippen MR) is 92.4 cm³/mol. The van der Waals surface area contributed by atoms with E-state index in [9.17, 15) is 0 Å². The maximum Gasteiger partial charge on any atom is 0.0330 e. The van der Waals surface area contributed by atoms with Gasteiger partial charge in [-0.05, 0) is 38.4 Å². The fraction of sp³-hybridized carbons (Fsp3) is 0.579. The molecule has 0 saturated heterocycles. The third-order valence-electron chi connectivity index (χ3n) is 4.84. The molecule has 2 nitrogen and oxygen atoms in total. The summed E-state index contributed by atoms with van der Waals surface area (Å²) >= 11 is 0. The summed E-state index contributed by atoms with van der Waals surface area (Å²) in [5, 5.41) is 3.64. The normalized spacial score (nSPS) is 26.6. The van der Waals surface area contributed by atoms with E-state index in [0.717, 1.165) is 19.0 Å². The fourth-order valence-corrected chi connectivity index (χ4v) is 3.50. The minimum atomic E-state index is 0.345. The minimum absolute atomic E-state index is 0.345. The molecule has 1 aliphatic rings. The van der Waals surface area contributed by atoms with E-state index in [4.69, 9.17) is 0 Å². The van der Waals surface area contributed by atoms with Crippen molar-refractivity contribution in [3.8, 4) is 0 Å². The lowest BCUT2D eigenvalue weighted by molar-refractivity contribution is 0.0763. The third kappa shape index (κ3) is 4.69. The number of hydrogen-bond donors (Lipinski definition) is 1. The number of likely N-dealkylation sites (N-methyl/N-ethyl adjacent to an activating group) is 1. The second-order valence-electron chi connectivity index (χ2n) is 6.76. The van der Waals surface area contributed by atoms with Crippen LogP contribution in [0.2, 0.25) is 0 Å². The number of nitrogens with one attached hydrogen (secondary N) is 1. The van der Waals surface area contributed by atoms with Gasteiger partial charge in [-0.15, -0.1) is 0 Å². The van der Waals surface area contributed by atoms with E-state index in [1.807, 2.05) is 0 Å². The van der Waals surface area contributed by atoms with Crippen LogP contribution in [-0.2, 0) is 0 Å². The van der Waals surface area contributed by atoms with Crippen molar-refractivity contribution in [1.82, 2.24) is 10.2 Å². The van der Waals surface area contributed by atoms with E-state index in [0.29, 0.717) is 5.54 Å². The number of benzene rings is 1. The maximum atomic E-state index is 3.64. The highest BCUT2D eigenvalue weighted by Crippen LogP contribution is 2.35. The molecule has 0 aromatic heterocycles. The molecule has 2 rings (SSSR count). The van der Waals surface area contributed by atoms with Crippen molar-refractivity contribution in [3.63, 3.8) is 0 Å². The maximum absolute atomic E-state index is 3.64. The second kappa shape index (κ2) is 7.77. The van der Waals surface area contributed by atoms with Crippen molar-refractivity contribution in [3.05, 3.63) is 42.0 Å². The molecule has 116 valence electrons. The molecule has 2 unspecified atom stereocenters. The zero-order valence-electron chi connectivity index (χ0n) is 13.8. The van der Waals surface area contributed by atoms with Gasteiger partial charge in [-0.2, -0.15) is 0 Å². The van der Waals surface area contributed by atoms with Crippen LogP contribution >= 0.6 is 0 Å². The molecule has 0 bridgehead atoms. The van der Waals surface area contributed by atoms with Crippen LogP contribution in [0.25, 0.3) is 6.08 Å². The molecule has 0 spiro atoms. The van der Waals surface area contributed by atoms with E-state index >= 15 is 0 Å². The van der Waals surface area contributed by atoms with Gasteiger partial charge in [0.1, 0.15) is 0 Å². The summed E-state index contributed by atoms with van der Waals surface area (Å²) in [4.78, 5) is 2.44. The molecule has 0 radical (unpaired) electrons. The Balaban J connectivity index is 1.81. The van der Waals surface area contributed by atoms with Crippen molar-refractivity contribution in [2.45, 2.75) is 38.1 Å². The molecular weight excluding hydrogens is 256 g/mol. The van der Waals surface area contributed by atoms with Crippen molar-refractivity contribution < 1.29 is 0 Å². The Labute approximate surface area is 130 Å². The van der Waals surface area contributed by atoms with Crippen molar-refractivity contribution >= 4 is 6.08 Å². The van der Waals surface area contributed by atoms with Gasteiger partial charge >= 0.3 is 0 Å². The topological polar surface area (TPSA) is 15.3 Å². The Kier molecular flexibility index (Phi) is 6.01. The third-order valence-corrected chi connectivity index (χ3v) is 4.84. The van der Waals surface area contributed by atoms with E-state index in [2.05, 4.69) is 73.7 Å². The lowest BCUT2D eigenvalue weighted by atomic mass is 9.75. The molecule has 1 saturated carbocycles. The Hall–Kier alpha value is -1.12. The fourth-order valence-electron chi connectivity index (χ4n) is 3.50. The molecule has 2 atom stereocenters. The summed E-state index contributed by atoms with van der Waals surface area (Å²) < 4.78 is 0. The Morgan fingerprint density at radius 1 is 1.29 bits per heavy atom. The van der Waals surface area contributed by atoms with E-state index < -0.39 is 0 Å². The molecule has 1 aromatic rings. The molecule has 1 fully saturated rings. The average Bonchev–Trinajstić information content (AvgIpc) is 2.48. The molecule has 0 amide bonds. The van der Waals surface area contributed by atoms with Crippen molar-refractivity contribution in [1.29, 1.82) is 0 Å². The molecule has 21 heavy (non-hydrogen) atoms. The minimum Gasteiger partial charge on any atom is -0.311 e. The first-order chi connectivity index (χ1) is 10.1. The molecular formula is C19H30N2. The van der Waals surface area contributed by atoms with E-state index in [1.54, 1.807) is 0 Å². The van der Waals surface area contributed by atoms with Gasteiger partial charge < -0.3 is 10.2 Å². The highest BCUT2D eigenvalue weighted by Gasteiger charge is 2.36. The zero-order valence-corrected chi connectivity index (χ0v) is 13.8. The highest BCUT2D eigenvalue weighted by molar-refractivity contribution is 5.48. The first kappa shape index (κ1) is 16.3. The van der Waals surface area contributed by atoms with Crippen LogP contribution in [0.5, 0.6) is 0 Å². The summed E-state index contributed by atoms with van der Waals surface area (Å²) in [7, 11) is 4.47. The highest BCUT2D eigenvalue weighted by atomic mass is 15.2. The van der Waals surface area contributed by atoms with Crippen molar-refractivity contribution in [2.75, 3.05) is 27.2 Å². The summed E-state index contributed by atoms with van der Waals surface area (Å²) in [6.45, 7) is 4.43. The van der Waals surface area contributed by atoms with Crippen LogP contribution in [0.15, 0.2) is 36.4 Å². The molecule has 1 aliphatic carbocycles. The number of nitrogens with zero attached hydrogens (tertiary/aromatic N) is 1. The van der Waals surface area contributed by atoms with Gasteiger partial charge in [0, 0.05) is 18.6 Å². The second-order valence-corrected chi connectivity index (χ2v) is 6.76. The molecule has 1 N–H and O–H groups in total. The number of hydrogen-bond acceptors (Lipinski definition) is 2. The van der Waals surface area contributed by atoms with Crippen molar-refractivity contribution in [2.24, 2.45) is 5.92 Å². The average molecular weight is 286 g/mol. The van der Waals surface area contributed by atoms with Gasteiger partial charge in [-0.25, -0.2) is 0 Å². The van der Waals surface area contributed by atoms with E-state index in [1.165, 1.54) is 31.2 Å². The van der Waals surface area contributed by atoms with Gasteiger partial charge in [-0.1, -0.05) is 62.2 Å². The lowest BCUT2D eigenvalue weighted by Gasteiger charge is -2.45. The van der Waals surface area contributed by atoms with Gasteiger partial charge in [0.05, 0.1) is 0 Å². The van der Waals surface area contributed by atoms with Gasteiger partial charge in [0.25, 0.3) is 0 Å². The Morgan fingerprint density at radius 2 is 2.05 bits per heavy atom. The quantitative estimate of drug-likeness (QED) is 0.800. The summed E-state index contributed by atoms with van der Waals surface area (Å²) in [6.07, 6.45) is 9.81. The van der Waals surface area contributed by atoms with Crippen LogP contribution in [0.4, 0.5) is 0 Å². The van der Waals surface area contributed by atoms with Crippen LogP contribution < -0.4 is 5.32 Å². The van der Waals surface area contributed by atoms with E-state index in [-0.39, 0.29) is 0 Å². The SMILES string of the molecule is CC1CCCC(CNCC=Cc2ccccc2)(N(C)C)C1. The standard InChI is InChI=1S/C19H30N2/c1-17-9-7-13-19(15-17,21(2)3)16-20-14-8-12-18-10-5-4-6-11-18/h4-6,8,10-12,17,20H,7,9,13-16H2,1-3H3. The summed E-state index contributed by atoms with van der Waals surface area (Å²) in [5.74, 6) is 0.850. The largest absolute Gasteiger partial charge is 0.311 e. The molecule has 2 heteroatoms. The Bertz CT molecular complexity index is 438. The van der Waals surface area contributed by atoms with Crippen LogP contribution in [0.3, 0.4) is 0 Å². The Morgan fingerprint density at radius 3 is 2.71 bits per heavy atom. The van der Waals surface area contributed by atoms with Gasteiger partial charge in [-0.3, -0.25) is 0 Å². The molecule has 0 aliphatic heterocycles. The molecule has 1 aromatic carbocycles. The summed E-state index contributed by atoms with van der Waals surface area (Å²) in [5.41, 5.74) is 1.62. The zero-order chi connectivity index (χ0) is 15.1. The first-order valence-corrected chi connectivity index (χ1v) is 8.22.